The Hall–Kier alpha value is -1.37. The molecular formula is C21H35N3O3. The Balaban J connectivity index is 1.60. The first-order valence-electron chi connectivity index (χ1n) is 10.4. The van der Waals surface area contributed by atoms with Crippen LogP contribution in [0.1, 0.15) is 37.9 Å². The van der Waals surface area contributed by atoms with Crippen molar-refractivity contribution in [3.8, 4) is 0 Å². The van der Waals surface area contributed by atoms with Gasteiger partial charge in [-0.1, -0.05) is 0 Å². The molecule has 0 aromatic carbocycles. The van der Waals surface area contributed by atoms with Crippen LogP contribution in [-0.4, -0.2) is 80.1 Å². The Bertz CT molecular complexity index is 555. The number of amides is 1. The summed E-state index contributed by atoms with van der Waals surface area (Å²) in [4.78, 5) is 20.4. The van der Waals surface area contributed by atoms with E-state index in [0.717, 1.165) is 77.1 Å². The zero-order chi connectivity index (χ0) is 19.1. The van der Waals surface area contributed by atoms with Crippen LogP contribution in [0.2, 0.25) is 0 Å². The molecule has 1 aromatic rings. The van der Waals surface area contributed by atoms with E-state index in [1.165, 1.54) is 0 Å². The highest BCUT2D eigenvalue weighted by atomic mass is 16.5. The van der Waals surface area contributed by atoms with E-state index in [4.69, 9.17) is 9.15 Å². The van der Waals surface area contributed by atoms with Crippen molar-refractivity contribution in [1.29, 1.82) is 0 Å². The minimum absolute atomic E-state index is 0.107. The lowest BCUT2D eigenvalue weighted by molar-refractivity contribution is -0.141. The number of methoxy groups -OCH3 is 1. The number of rotatable bonds is 8. The molecule has 3 heterocycles. The maximum Gasteiger partial charge on any atom is 0.227 e. The van der Waals surface area contributed by atoms with Gasteiger partial charge in [0.05, 0.1) is 18.7 Å². The highest BCUT2D eigenvalue weighted by Crippen LogP contribution is 2.24. The first-order valence-corrected chi connectivity index (χ1v) is 10.4. The smallest absolute Gasteiger partial charge is 0.227 e. The molecule has 1 atom stereocenters. The van der Waals surface area contributed by atoms with Crippen LogP contribution in [0.5, 0.6) is 0 Å². The van der Waals surface area contributed by atoms with Gasteiger partial charge in [-0.2, -0.15) is 0 Å². The van der Waals surface area contributed by atoms with Gasteiger partial charge in [0, 0.05) is 32.8 Å². The summed E-state index contributed by atoms with van der Waals surface area (Å²) in [5, 5.41) is 0. The number of piperidine rings is 2. The first kappa shape index (κ1) is 20.4. The minimum atomic E-state index is 0.107. The lowest BCUT2D eigenvalue weighted by atomic mass is 9.94. The molecule has 6 nitrogen and oxygen atoms in total. The summed E-state index contributed by atoms with van der Waals surface area (Å²) in [7, 11) is 3.90. The van der Waals surface area contributed by atoms with E-state index in [-0.39, 0.29) is 5.92 Å². The number of hydrogen-bond donors (Lipinski definition) is 0. The van der Waals surface area contributed by atoms with Crippen LogP contribution in [0.3, 0.4) is 0 Å². The Labute approximate surface area is 163 Å². The molecule has 0 unspecified atom stereocenters. The Kier molecular flexibility index (Phi) is 7.73. The molecule has 2 aliphatic heterocycles. The van der Waals surface area contributed by atoms with Crippen LogP contribution in [0, 0.1) is 5.92 Å². The predicted octanol–water partition coefficient (Wildman–Crippen LogP) is 2.45. The molecule has 2 fully saturated rings. The summed E-state index contributed by atoms with van der Waals surface area (Å²) < 4.78 is 10.7. The number of furan rings is 1. The molecule has 6 heteroatoms. The quantitative estimate of drug-likeness (QED) is 0.652. The lowest BCUT2D eigenvalue weighted by Crippen LogP contribution is -2.51. The second-order valence-electron chi connectivity index (χ2n) is 8.07. The van der Waals surface area contributed by atoms with Gasteiger partial charge < -0.3 is 19.0 Å². The van der Waals surface area contributed by atoms with Gasteiger partial charge in [-0.15, -0.1) is 0 Å². The normalized spacial score (nSPS) is 22.8. The van der Waals surface area contributed by atoms with E-state index >= 15 is 0 Å². The van der Waals surface area contributed by atoms with Gasteiger partial charge in [-0.25, -0.2) is 0 Å². The number of carbonyl (C=O) groups is 1. The fraction of sp³-hybridized carbons (Fsp3) is 0.762. The van der Waals surface area contributed by atoms with Gasteiger partial charge in [-0.05, 0) is 70.9 Å². The molecule has 152 valence electrons. The molecule has 0 bridgehead atoms. The van der Waals surface area contributed by atoms with Crippen molar-refractivity contribution in [2.24, 2.45) is 5.92 Å². The number of likely N-dealkylation sites (tertiary alicyclic amines) is 2. The van der Waals surface area contributed by atoms with Crippen LogP contribution >= 0.6 is 0 Å². The van der Waals surface area contributed by atoms with E-state index in [1.807, 2.05) is 12.1 Å². The third kappa shape index (κ3) is 5.80. The highest BCUT2D eigenvalue weighted by Gasteiger charge is 2.33. The molecule has 0 saturated carbocycles. The van der Waals surface area contributed by atoms with E-state index in [2.05, 4.69) is 21.7 Å². The maximum absolute atomic E-state index is 13.4. The van der Waals surface area contributed by atoms with Crippen molar-refractivity contribution in [3.63, 3.8) is 0 Å². The SMILES string of the molecule is COCCCN(C(=O)[C@H]1CCCN(Cc2ccco2)C1)C1CCN(C)CC1. The molecule has 0 spiro atoms. The molecule has 1 amide bonds. The van der Waals surface area contributed by atoms with Crippen molar-refractivity contribution in [3.05, 3.63) is 24.2 Å². The summed E-state index contributed by atoms with van der Waals surface area (Å²) in [6, 6.07) is 4.33. The predicted molar refractivity (Wildman–Crippen MR) is 105 cm³/mol. The molecule has 0 aliphatic carbocycles. The van der Waals surface area contributed by atoms with Crippen LogP contribution in [0.4, 0.5) is 0 Å². The fourth-order valence-corrected chi connectivity index (χ4v) is 4.42. The van der Waals surface area contributed by atoms with Crippen molar-refractivity contribution in [1.82, 2.24) is 14.7 Å². The van der Waals surface area contributed by atoms with Gasteiger partial charge in [0.1, 0.15) is 5.76 Å². The summed E-state index contributed by atoms with van der Waals surface area (Å²) in [5.41, 5.74) is 0. The Morgan fingerprint density at radius 2 is 2.11 bits per heavy atom. The number of hydrogen-bond acceptors (Lipinski definition) is 5. The molecule has 27 heavy (non-hydrogen) atoms. The zero-order valence-corrected chi connectivity index (χ0v) is 16.9. The van der Waals surface area contributed by atoms with Crippen molar-refractivity contribution >= 4 is 5.91 Å². The number of nitrogens with zero attached hydrogens (tertiary/aromatic N) is 3. The molecule has 1 aromatic heterocycles. The highest BCUT2D eigenvalue weighted by molar-refractivity contribution is 5.79. The molecule has 0 N–H and O–H groups in total. The van der Waals surface area contributed by atoms with Crippen molar-refractivity contribution < 1.29 is 13.9 Å². The second-order valence-corrected chi connectivity index (χ2v) is 8.07. The summed E-state index contributed by atoms with van der Waals surface area (Å²) in [6.45, 7) is 6.37. The van der Waals surface area contributed by atoms with E-state index in [0.29, 0.717) is 18.6 Å². The minimum Gasteiger partial charge on any atom is -0.468 e. The fourth-order valence-electron chi connectivity index (χ4n) is 4.42. The Morgan fingerprint density at radius 1 is 1.30 bits per heavy atom. The van der Waals surface area contributed by atoms with Gasteiger partial charge in [0.2, 0.25) is 5.91 Å². The van der Waals surface area contributed by atoms with E-state index in [9.17, 15) is 4.79 Å². The van der Waals surface area contributed by atoms with Crippen molar-refractivity contribution in [2.45, 2.75) is 44.7 Å². The molecule has 2 saturated heterocycles. The van der Waals surface area contributed by atoms with Crippen LogP contribution in [0.15, 0.2) is 22.8 Å². The number of carbonyl (C=O) groups excluding carboxylic acids is 1. The standard InChI is InChI=1S/C21H35N3O3/c1-22-12-8-19(9-13-22)24(11-5-14-26-2)21(25)18-6-3-10-23(16-18)17-20-7-4-15-27-20/h4,7,15,18-19H,3,5-6,8-14,16-17H2,1-2H3/t18-/m0/s1. The van der Waals surface area contributed by atoms with Gasteiger partial charge >= 0.3 is 0 Å². The van der Waals surface area contributed by atoms with Crippen molar-refractivity contribution in [2.75, 3.05) is 53.5 Å². The monoisotopic (exact) mass is 377 g/mol. The molecule has 0 radical (unpaired) electrons. The van der Waals surface area contributed by atoms with Crippen LogP contribution in [-0.2, 0) is 16.1 Å². The van der Waals surface area contributed by atoms with Gasteiger partial charge in [0.25, 0.3) is 0 Å². The van der Waals surface area contributed by atoms with E-state index in [1.54, 1.807) is 13.4 Å². The van der Waals surface area contributed by atoms with Crippen LogP contribution < -0.4 is 0 Å². The lowest BCUT2D eigenvalue weighted by Gasteiger charge is -2.41. The molecular weight excluding hydrogens is 342 g/mol. The summed E-state index contributed by atoms with van der Waals surface area (Å²) in [5.74, 6) is 1.44. The number of ether oxygens (including phenoxy) is 1. The van der Waals surface area contributed by atoms with Crippen LogP contribution in [0.25, 0.3) is 0 Å². The Morgan fingerprint density at radius 3 is 2.81 bits per heavy atom. The maximum atomic E-state index is 13.4. The van der Waals surface area contributed by atoms with E-state index < -0.39 is 0 Å². The van der Waals surface area contributed by atoms with Gasteiger partial charge in [0.15, 0.2) is 0 Å². The average Bonchev–Trinajstić information content (AvgIpc) is 3.19. The first-order chi connectivity index (χ1) is 13.2. The summed E-state index contributed by atoms with van der Waals surface area (Å²) >= 11 is 0. The zero-order valence-electron chi connectivity index (χ0n) is 16.9. The third-order valence-corrected chi connectivity index (χ3v) is 5.97. The topological polar surface area (TPSA) is 49.2 Å². The second kappa shape index (κ2) is 10.2. The molecule has 2 aliphatic rings. The third-order valence-electron chi connectivity index (χ3n) is 5.97. The summed E-state index contributed by atoms with van der Waals surface area (Å²) in [6.07, 6.45) is 6.88. The largest absolute Gasteiger partial charge is 0.468 e. The van der Waals surface area contributed by atoms with Gasteiger partial charge in [-0.3, -0.25) is 9.69 Å². The average molecular weight is 378 g/mol. The molecule has 3 rings (SSSR count).